The number of fused-ring (bicyclic) bond motifs is 1. The van der Waals surface area contributed by atoms with E-state index in [4.69, 9.17) is 34.8 Å². The number of ketones is 2. The van der Waals surface area contributed by atoms with Gasteiger partial charge in [0.05, 0.1) is 10.6 Å². The molecule has 1 N–H and O–H groups in total. The Hall–Kier alpha value is -1.55. The number of hydrogen-bond acceptors (Lipinski definition) is 3. The minimum atomic E-state index is -1.41. The largest absolute Gasteiger partial charge is 0.506 e. The molecule has 0 spiro atoms. The number of halogens is 3. The Morgan fingerprint density at radius 3 is 2.14 bits per heavy atom. The topological polar surface area (TPSA) is 54.4 Å². The molecule has 1 aliphatic rings. The summed E-state index contributed by atoms with van der Waals surface area (Å²) in [4.78, 5) is 25.6. The second-order valence-corrected chi connectivity index (χ2v) is 6.43. The van der Waals surface area contributed by atoms with Gasteiger partial charge in [0.1, 0.15) is 16.2 Å². The first-order valence-corrected chi connectivity index (χ1v) is 7.48. The Balaban J connectivity index is 2.26. The molecule has 1 aliphatic carbocycles. The van der Waals surface area contributed by atoms with Gasteiger partial charge in [-0.05, 0) is 30.7 Å². The van der Waals surface area contributed by atoms with Crippen LogP contribution in [0.15, 0.2) is 30.3 Å². The van der Waals surface area contributed by atoms with E-state index >= 15 is 0 Å². The molecular weight excluding hydrogens is 347 g/mol. The summed E-state index contributed by atoms with van der Waals surface area (Å²) in [6.45, 7) is 1.53. The van der Waals surface area contributed by atoms with Crippen molar-refractivity contribution in [2.24, 2.45) is 0 Å². The molecule has 0 heterocycles. The number of rotatable bonds is 1. The van der Waals surface area contributed by atoms with E-state index in [2.05, 4.69) is 0 Å². The maximum absolute atomic E-state index is 12.8. The van der Waals surface area contributed by atoms with Crippen LogP contribution < -0.4 is 0 Å². The number of Topliss-reactive ketones (excluding diaryl/α,β-unsaturated/α-hetero) is 2. The molecule has 6 heteroatoms. The zero-order valence-corrected chi connectivity index (χ0v) is 13.6. The van der Waals surface area contributed by atoms with Crippen molar-refractivity contribution in [1.29, 1.82) is 0 Å². The van der Waals surface area contributed by atoms with E-state index in [0.717, 1.165) is 0 Å². The van der Waals surface area contributed by atoms with Crippen LogP contribution in [0, 0.1) is 0 Å². The second kappa shape index (κ2) is 4.98. The summed E-state index contributed by atoms with van der Waals surface area (Å²) in [5.41, 5.74) is -0.774. The predicted octanol–water partition coefficient (Wildman–Crippen LogP) is 4.69. The van der Waals surface area contributed by atoms with E-state index in [1.54, 1.807) is 24.3 Å². The minimum absolute atomic E-state index is 0.0481. The molecule has 3 rings (SSSR count). The molecule has 0 amide bonds. The third-order valence-electron chi connectivity index (χ3n) is 3.99. The highest BCUT2D eigenvalue weighted by Gasteiger charge is 2.52. The molecule has 2 aromatic rings. The first-order chi connectivity index (χ1) is 10.3. The highest BCUT2D eigenvalue weighted by atomic mass is 35.5. The molecule has 0 saturated carbocycles. The molecule has 0 saturated heterocycles. The van der Waals surface area contributed by atoms with Crippen LogP contribution in [-0.2, 0) is 5.41 Å². The summed E-state index contributed by atoms with van der Waals surface area (Å²) in [6, 6.07) is 7.65. The first-order valence-electron chi connectivity index (χ1n) is 6.35. The lowest BCUT2D eigenvalue weighted by atomic mass is 9.78. The molecule has 0 bridgehead atoms. The Bertz CT molecular complexity index is 828. The lowest BCUT2D eigenvalue weighted by Crippen LogP contribution is -2.34. The van der Waals surface area contributed by atoms with Gasteiger partial charge in [-0.2, -0.15) is 0 Å². The van der Waals surface area contributed by atoms with Crippen LogP contribution in [0.3, 0.4) is 0 Å². The van der Waals surface area contributed by atoms with Crippen molar-refractivity contribution in [3.8, 4) is 5.75 Å². The van der Waals surface area contributed by atoms with E-state index in [1.165, 1.54) is 13.0 Å². The Morgan fingerprint density at radius 1 is 0.955 bits per heavy atom. The van der Waals surface area contributed by atoms with Gasteiger partial charge in [-0.1, -0.05) is 46.9 Å². The quantitative estimate of drug-likeness (QED) is 0.755. The van der Waals surface area contributed by atoms with E-state index in [9.17, 15) is 14.7 Å². The number of hydrogen-bond donors (Lipinski definition) is 1. The number of phenolic OH excluding ortho intramolecular Hbond substituents is 1. The molecule has 3 nitrogen and oxygen atoms in total. The predicted molar refractivity (Wildman–Crippen MR) is 85.6 cm³/mol. The van der Waals surface area contributed by atoms with Crippen molar-refractivity contribution in [3.63, 3.8) is 0 Å². The molecular formula is C16H9Cl3O3. The number of phenols is 1. The van der Waals surface area contributed by atoms with Crippen molar-refractivity contribution in [2.45, 2.75) is 12.3 Å². The standard InChI is InChI=1S/C16H9Cl3O3/c1-16(7-2-4-8(17)5-3-7)14(21)9-6-10(20)12(18)13(19)11(9)15(16)22/h2-6,20H,1H3. The molecule has 0 fully saturated rings. The summed E-state index contributed by atoms with van der Waals surface area (Å²) >= 11 is 17.8. The van der Waals surface area contributed by atoms with E-state index < -0.39 is 17.0 Å². The van der Waals surface area contributed by atoms with E-state index in [1.807, 2.05) is 0 Å². The van der Waals surface area contributed by atoms with Gasteiger partial charge in [-0.15, -0.1) is 0 Å². The van der Waals surface area contributed by atoms with Crippen LogP contribution in [0.2, 0.25) is 15.1 Å². The molecule has 2 aromatic carbocycles. The molecule has 0 aromatic heterocycles. The summed E-state index contributed by atoms with van der Waals surface area (Å²) in [5.74, 6) is -1.20. The summed E-state index contributed by atoms with van der Waals surface area (Å²) in [7, 11) is 0. The average Bonchev–Trinajstić information content (AvgIpc) is 2.68. The van der Waals surface area contributed by atoms with Crippen LogP contribution in [-0.4, -0.2) is 16.7 Å². The van der Waals surface area contributed by atoms with Crippen LogP contribution >= 0.6 is 34.8 Å². The third kappa shape index (κ3) is 1.89. The second-order valence-electron chi connectivity index (χ2n) is 5.24. The number of carbonyl (C=O) groups is 2. The number of carbonyl (C=O) groups excluding carboxylic acids is 2. The lowest BCUT2D eigenvalue weighted by molar-refractivity contribution is 0.0810. The van der Waals surface area contributed by atoms with E-state index in [-0.39, 0.29) is 26.9 Å². The zero-order chi connectivity index (χ0) is 16.2. The first kappa shape index (κ1) is 15.3. The minimum Gasteiger partial charge on any atom is -0.506 e. The monoisotopic (exact) mass is 354 g/mol. The maximum atomic E-state index is 12.8. The van der Waals surface area contributed by atoms with Gasteiger partial charge in [0.2, 0.25) is 0 Å². The fraction of sp³-hybridized carbons (Fsp3) is 0.125. The molecule has 1 unspecified atom stereocenters. The molecule has 112 valence electrons. The molecule has 22 heavy (non-hydrogen) atoms. The third-order valence-corrected chi connectivity index (χ3v) is 5.10. The van der Waals surface area contributed by atoms with E-state index in [0.29, 0.717) is 10.6 Å². The Morgan fingerprint density at radius 2 is 1.55 bits per heavy atom. The van der Waals surface area contributed by atoms with Gasteiger partial charge in [-0.3, -0.25) is 9.59 Å². The van der Waals surface area contributed by atoms with Crippen LogP contribution in [0.5, 0.6) is 5.75 Å². The highest BCUT2D eigenvalue weighted by Crippen LogP contribution is 2.46. The fourth-order valence-corrected chi connectivity index (χ4v) is 3.24. The van der Waals surface area contributed by atoms with Gasteiger partial charge in [0.15, 0.2) is 11.6 Å². The lowest BCUT2D eigenvalue weighted by Gasteiger charge is -2.20. The van der Waals surface area contributed by atoms with Crippen molar-refractivity contribution >= 4 is 46.4 Å². The van der Waals surface area contributed by atoms with Gasteiger partial charge in [0.25, 0.3) is 0 Å². The SMILES string of the molecule is CC1(c2ccc(Cl)cc2)C(=O)c2cc(O)c(Cl)c(Cl)c2C1=O. The Labute approximate surface area is 141 Å². The van der Waals surface area contributed by atoms with Gasteiger partial charge < -0.3 is 5.11 Å². The van der Waals surface area contributed by atoms with Gasteiger partial charge >= 0.3 is 0 Å². The van der Waals surface area contributed by atoms with Gasteiger partial charge in [0, 0.05) is 10.6 Å². The summed E-state index contributed by atoms with van der Waals surface area (Å²) < 4.78 is 0. The van der Waals surface area contributed by atoms with Crippen LogP contribution in [0.1, 0.15) is 33.2 Å². The van der Waals surface area contributed by atoms with Crippen LogP contribution in [0.25, 0.3) is 0 Å². The summed E-state index contributed by atoms with van der Waals surface area (Å²) in [5, 5.41) is 10.0. The van der Waals surface area contributed by atoms with Crippen molar-refractivity contribution in [3.05, 3.63) is 62.1 Å². The smallest absolute Gasteiger partial charge is 0.183 e. The normalized spacial score (nSPS) is 20.4. The van der Waals surface area contributed by atoms with Crippen molar-refractivity contribution in [2.75, 3.05) is 0 Å². The Kier molecular flexibility index (Phi) is 3.48. The molecule has 0 aliphatic heterocycles. The highest BCUT2D eigenvalue weighted by molar-refractivity contribution is 6.48. The summed E-state index contributed by atoms with van der Waals surface area (Å²) in [6.07, 6.45) is 0. The van der Waals surface area contributed by atoms with Gasteiger partial charge in [-0.25, -0.2) is 0 Å². The van der Waals surface area contributed by atoms with Crippen LogP contribution in [0.4, 0.5) is 0 Å². The van der Waals surface area contributed by atoms with Crippen molar-refractivity contribution in [1.82, 2.24) is 0 Å². The average molecular weight is 356 g/mol. The van der Waals surface area contributed by atoms with Crippen molar-refractivity contribution < 1.29 is 14.7 Å². The molecule has 0 radical (unpaired) electrons. The zero-order valence-electron chi connectivity index (χ0n) is 11.3. The molecule has 1 atom stereocenters. The number of benzene rings is 2. The fourth-order valence-electron chi connectivity index (χ4n) is 2.68. The number of aromatic hydroxyl groups is 1. The maximum Gasteiger partial charge on any atom is 0.183 e.